The molecule has 11 heteroatoms. The van der Waals surface area contributed by atoms with Crippen LogP contribution in [0.5, 0.6) is 11.5 Å². The zero-order chi connectivity index (χ0) is 27.0. The first-order valence-corrected chi connectivity index (χ1v) is 12.9. The van der Waals surface area contributed by atoms with Gasteiger partial charge in [-0.05, 0) is 61.4 Å². The molecule has 7 nitrogen and oxygen atoms in total. The monoisotopic (exact) mass is 549 g/mol. The zero-order valence-electron chi connectivity index (χ0n) is 19.7. The first-order chi connectivity index (χ1) is 17.4. The summed E-state index contributed by atoms with van der Waals surface area (Å²) < 4.78 is 70.2. The standard InChI is InChI=1S/C19H14ClF2NO3.C7H8O3S/c1-19(12-3-2-11(20)9-14(12)22)25-15-5-4-13(21)17(18(15)26-19)10-6-7-23-16(24)8-10;1-6-2-4-7(5-3-6)11(8,9)10/h2-5,8-9H,6-7H2,1H3,(H,23,24);2-5H,1H3,(H,8,9,10). The molecule has 0 bridgehead atoms. The van der Waals surface area contributed by atoms with Crippen molar-refractivity contribution < 1.29 is 36.0 Å². The fourth-order valence-electron chi connectivity index (χ4n) is 3.92. The predicted molar refractivity (Wildman–Crippen MR) is 133 cm³/mol. The maximum atomic E-state index is 14.5. The van der Waals surface area contributed by atoms with E-state index in [1.807, 2.05) is 6.92 Å². The first-order valence-electron chi connectivity index (χ1n) is 11.1. The minimum Gasteiger partial charge on any atom is -0.444 e. The summed E-state index contributed by atoms with van der Waals surface area (Å²) in [6.07, 6.45) is 1.79. The van der Waals surface area contributed by atoms with Gasteiger partial charge in [0.05, 0.1) is 16.0 Å². The summed E-state index contributed by atoms with van der Waals surface area (Å²) in [4.78, 5) is 11.6. The maximum absolute atomic E-state index is 14.5. The highest BCUT2D eigenvalue weighted by Gasteiger charge is 2.43. The number of nitrogens with one attached hydrogen (secondary N) is 1. The summed E-state index contributed by atoms with van der Waals surface area (Å²) in [6.45, 7) is 3.79. The van der Waals surface area contributed by atoms with Crippen LogP contribution in [0.2, 0.25) is 5.02 Å². The Bertz CT molecular complexity index is 1510. The van der Waals surface area contributed by atoms with E-state index in [9.17, 15) is 22.0 Å². The SMILES string of the molecule is CC1(c2ccc(Cl)cc2F)Oc2ccc(F)c(C3=CC(=O)NCC3)c2O1.Cc1ccc(S(=O)(=O)O)cc1. The highest BCUT2D eigenvalue weighted by molar-refractivity contribution is 7.85. The number of carbonyl (C=O) groups excluding carboxylic acids is 1. The molecule has 0 saturated carbocycles. The fraction of sp³-hybridized carbons (Fsp3) is 0.192. The van der Waals surface area contributed by atoms with Gasteiger partial charge >= 0.3 is 0 Å². The molecule has 2 aliphatic heterocycles. The van der Waals surface area contributed by atoms with E-state index in [0.717, 1.165) is 11.6 Å². The van der Waals surface area contributed by atoms with Crippen molar-refractivity contribution in [3.05, 3.63) is 94.0 Å². The van der Waals surface area contributed by atoms with Gasteiger partial charge in [-0.15, -0.1) is 0 Å². The fourth-order valence-corrected chi connectivity index (χ4v) is 4.56. The van der Waals surface area contributed by atoms with Crippen molar-refractivity contribution in [1.82, 2.24) is 5.32 Å². The average molecular weight is 550 g/mol. The number of amides is 1. The summed E-state index contributed by atoms with van der Waals surface area (Å²) in [7, 11) is -4.02. The number of hydrogen-bond acceptors (Lipinski definition) is 5. The Kier molecular flexibility index (Phi) is 7.27. The van der Waals surface area contributed by atoms with Gasteiger partial charge < -0.3 is 14.8 Å². The van der Waals surface area contributed by atoms with Crippen LogP contribution in [0, 0.1) is 18.6 Å². The molecular weight excluding hydrogens is 528 g/mol. The van der Waals surface area contributed by atoms with Crippen LogP contribution in [-0.4, -0.2) is 25.4 Å². The number of benzene rings is 3. The molecule has 2 aliphatic rings. The lowest BCUT2D eigenvalue weighted by Gasteiger charge is -2.24. The van der Waals surface area contributed by atoms with Crippen molar-refractivity contribution in [2.24, 2.45) is 0 Å². The molecule has 3 aromatic rings. The normalized spacial score (nSPS) is 18.4. The molecule has 2 heterocycles. The Balaban J connectivity index is 0.000000245. The first kappa shape index (κ1) is 26.6. The van der Waals surface area contributed by atoms with E-state index in [1.54, 1.807) is 19.1 Å². The molecule has 0 aliphatic carbocycles. The number of aryl methyl sites for hydroxylation is 1. The maximum Gasteiger partial charge on any atom is 0.294 e. The van der Waals surface area contributed by atoms with Crippen molar-refractivity contribution in [2.45, 2.75) is 31.0 Å². The summed E-state index contributed by atoms with van der Waals surface area (Å²) in [5, 5.41) is 2.90. The number of carbonyl (C=O) groups is 1. The van der Waals surface area contributed by atoms with Gasteiger partial charge in [0.1, 0.15) is 11.6 Å². The number of hydrogen-bond donors (Lipinski definition) is 2. The second kappa shape index (κ2) is 10.1. The third-order valence-electron chi connectivity index (χ3n) is 5.73. The number of fused-ring (bicyclic) bond motifs is 1. The minimum absolute atomic E-state index is 0.0666. The Morgan fingerprint density at radius 1 is 1.03 bits per heavy atom. The van der Waals surface area contributed by atoms with Gasteiger partial charge in [0.2, 0.25) is 5.91 Å². The quantitative estimate of drug-likeness (QED) is 0.424. The van der Waals surface area contributed by atoms with Crippen molar-refractivity contribution in [3.8, 4) is 11.5 Å². The van der Waals surface area contributed by atoms with E-state index in [4.69, 9.17) is 25.6 Å². The van der Waals surface area contributed by atoms with Crippen LogP contribution in [0.15, 0.2) is 65.6 Å². The van der Waals surface area contributed by atoms with E-state index >= 15 is 0 Å². The molecule has 1 atom stereocenters. The lowest BCUT2D eigenvalue weighted by atomic mass is 9.98. The van der Waals surface area contributed by atoms with E-state index in [0.29, 0.717) is 18.5 Å². The van der Waals surface area contributed by atoms with Crippen molar-refractivity contribution in [1.29, 1.82) is 0 Å². The lowest BCUT2D eigenvalue weighted by Crippen LogP contribution is -2.32. The molecule has 1 unspecified atom stereocenters. The zero-order valence-corrected chi connectivity index (χ0v) is 21.3. The molecule has 0 saturated heterocycles. The third kappa shape index (κ3) is 5.76. The smallest absolute Gasteiger partial charge is 0.294 e. The van der Waals surface area contributed by atoms with Gasteiger partial charge in [-0.3, -0.25) is 9.35 Å². The largest absolute Gasteiger partial charge is 0.444 e. The van der Waals surface area contributed by atoms with E-state index < -0.39 is 27.5 Å². The van der Waals surface area contributed by atoms with Crippen molar-refractivity contribution in [2.75, 3.05) is 6.54 Å². The Labute approximate surface area is 217 Å². The third-order valence-corrected chi connectivity index (χ3v) is 6.83. The highest BCUT2D eigenvalue weighted by Crippen LogP contribution is 2.49. The van der Waals surface area contributed by atoms with Crippen molar-refractivity contribution >= 4 is 33.2 Å². The number of ether oxygens (including phenoxy) is 2. The van der Waals surface area contributed by atoms with Crippen LogP contribution in [0.4, 0.5) is 8.78 Å². The Hall–Kier alpha value is -3.47. The van der Waals surface area contributed by atoms with Crippen LogP contribution in [0.3, 0.4) is 0 Å². The molecule has 5 rings (SSSR count). The van der Waals surface area contributed by atoms with Gasteiger partial charge in [0, 0.05) is 24.6 Å². The van der Waals surface area contributed by atoms with E-state index in [2.05, 4.69) is 5.32 Å². The number of halogens is 3. The highest BCUT2D eigenvalue weighted by atomic mass is 35.5. The van der Waals surface area contributed by atoms with Gasteiger partial charge in [0.25, 0.3) is 15.9 Å². The summed E-state index contributed by atoms with van der Waals surface area (Å²) in [5.41, 5.74) is 1.76. The lowest BCUT2D eigenvalue weighted by molar-refractivity contribution is -0.116. The second-order valence-corrected chi connectivity index (χ2v) is 10.4. The number of rotatable bonds is 3. The Morgan fingerprint density at radius 2 is 1.73 bits per heavy atom. The van der Waals surface area contributed by atoms with Gasteiger partial charge in [0.15, 0.2) is 11.5 Å². The van der Waals surface area contributed by atoms with Crippen molar-refractivity contribution in [3.63, 3.8) is 0 Å². The van der Waals surface area contributed by atoms with Gasteiger partial charge in [-0.2, -0.15) is 8.42 Å². The van der Waals surface area contributed by atoms with Gasteiger partial charge in [-0.1, -0.05) is 29.3 Å². The summed E-state index contributed by atoms with van der Waals surface area (Å²) in [6, 6.07) is 12.8. The summed E-state index contributed by atoms with van der Waals surface area (Å²) in [5.74, 6) is -2.46. The molecule has 0 spiro atoms. The van der Waals surface area contributed by atoms with Crippen LogP contribution < -0.4 is 14.8 Å². The molecule has 0 radical (unpaired) electrons. The van der Waals surface area contributed by atoms with E-state index in [1.165, 1.54) is 42.5 Å². The Morgan fingerprint density at radius 3 is 2.35 bits per heavy atom. The predicted octanol–water partition coefficient (Wildman–Crippen LogP) is 5.41. The molecule has 0 fully saturated rings. The molecule has 37 heavy (non-hydrogen) atoms. The minimum atomic E-state index is -4.02. The topological polar surface area (TPSA) is 102 Å². The average Bonchev–Trinajstić information content (AvgIpc) is 3.16. The van der Waals surface area contributed by atoms with Crippen LogP contribution in [0.25, 0.3) is 5.57 Å². The molecule has 0 aromatic heterocycles. The van der Waals surface area contributed by atoms with Crippen LogP contribution >= 0.6 is 11.6 Å². The van der Waals surface area contributed by atoms with Crippen LogP contribution in [-0.2, 0) is 20.7 Å². The molecular formula is C26H22ClF2NO6S. The summed E-state index contributed by atoms with van der Waals surface area (Å²) >= 11 is 5.80. The van der Waals surface area contributed by atoms with Crippen LogP contribution in [0.1, 0.15) is 30.0 Å². The molecule has 3 aromatic carbocycles. The molecule has 2 N–H and O–H groups in total. The molecule has 194 valence electrons. The van der Waals surface area contributed by atoms with Gasteiger partial charge in [-0.25, -0.2) is 8.78 Å². The van der Waals surface area contributed by atoms with E-state index in [-0.39, 0.29) is 38.5 Å². The second-order valence-electron chi connectivity index (χ2n) is 8.52. The molecule has 1 amide bonds.